The van der Waals surface area contributed by atoms with Crippen molar-refractivity contribution in [1.82, 2.24) is 19.3 Å². The van der Waals surface area contributed by atoms with E-state index in [2.05, 4.69) is 38.9 Å². The summed E-state index contributed by atoms with van der Waals surface area (Å²) in [6.45, 7) is 0.876. The summed E-state index contributed by atoms with van der Waals surface area (Å²) in [6.07, 6.45) is 7.10. The van der Waals surface area contributed by atoms with Crippen LogP contribution in [0.2, 0.25) is 0 Å². The van der Waals surface area contributed by atoms with Crippen molar-refractivity contribution in [2.75, 3.05) is 0 Å². The number of nitrogens with zero attached hydrogens (tertiary/aromatic N) is 4. The molecule has 2 aliphatic heterocycles. The number of aliphatic hydroxyl groups is 1. The maximum Gasteiger partial charge on any atom is 0.101 e. The fourth-order valence-corrected chi connectivity index (χ4v) is 4.28. The number of fused-ring (bicyclic) bond motifs is 4. The van der Waals surface area contributed by atoms with Gasteiger partial charge in [-0.3, -0.25) is 4.68 Å². The van der Waals surface area contributed by atoms with Crippen LogP contribution in [0.25, 0.3) is 11.3 Å². The largest absolute Gasteiger partial charge is 0.386 e. The number of rotatable bonds is 1. The second-order valence-corrected chi connectivity index (χ2v) is 6.45. The van der Waals surface area contributed by atoms with E-state index in [1.807, 2.05) is 23.3 Å². The highest BCUT2D eigenvalue weighted by Gasteiger charge is 2.39. The maximum absolute atomic E-state index is 11.0. The lowest BCUT2D eigenvalue weighted by Crippen LogP contribution is -2.23. The molecule has 0 unspecified atom stereocenters. The van der Waals surface area contributed by atoms with Gasteiger partial charge in [-0.05, 0) is 24.5 Å². The van der Waals surface area contributed by atoms with E-state index in [0.29, 0.717) is 0 Å². The Morgan fingerprint density at radius 3 is 3.04 bits per heavy atom. The zero-order chi connectivity index (χ0) is 15.4. The van der Waals surface area contributed by atoms with Crippen LogP contribution in [-0.2, 0) is 6.54 Å². The number of hydrogen-bond acceptors (Lipinski definition) is 3. The van der Waals surface area contributed by atoms with Crippen molar-refractivity contribution in [1.29, 1.82) is 0 Å². The Hall–Kier alpha value is -2.40. The Morgan fingerprint density at radius 1 is 1.17 bits per heavy atom. The van der Waals surface area contributed by atoms with Gasteiger partial charge in [0.1, 0.15) is 6.10 Å². The number of hydrogen-bond donors (Lipinski definition) is 1. The predicted molar refractivity (Wildman–Crippen MR) is 85.7 cm³/mol. The fourth-order valence-electron chi connectivity index (χ4n) is 4.28. The fraction of sp³-hybridized carbons (Fsp3) is 0.333. The van der Waals surface area contributed by atoms with Gasteiger partial charge < -0.3 is 9.67 Å². The summed E-state index contributed by atoms with van der Waals surface area (Å²) in [5.74, 6) is 0.129. The van der Waals surface area contributed by atoms with Crippen LogP contribution in [0.15, 0.2) is 49.1 Å². The number of aryl methyl sites for hydroxylation is 1. The quantitative estimate of drug-likeness (QED) is 0.752. The van der Waals surface area contributed by atoms with Crippen molar-refractivity contribution in [2.24, 2.45) is 5.92 Å². The molecule has 0 aliphatic carbocycles. The summed E-state index contributed by atoms with van der Waals surface area (Å²) in [6, 6.07) is 10.6. The lowest BCUT2D eigenvalue weighted by molar-refractivity contribution is 0.0799. The minimum Gasteiger partial charge on any atom is -0.386 e. The van der Waals surface area contributed by atoms with Gasteiger partial charge >= 0.3 is 0 Å². The van der Waals surface area contributed by atoms with Crippen molar-refractivity contribution < 1.29 is 5.11 Å². The van der Waals surface area contributed by atoms with E-state index in [4.69, 9.17) is 0 Å². The normalized spacial score (nSPS) is 25.5. The van der Waals surface area contributed by atoms with Gasteiger partial charge in [0.05, 0.1) is 30.0 Å². The van der Waals surface area contributed by atoms with E-state index in [0.717, 1.165) is 30.8 Å². The average Bonchev–Trinajstić information content (AvgIpc) is 3.25. The van der Waals surface area contributed by atoms with Crippen LogP contribution in [-0.4, -0.2) is 24.4 Å². The molecule has 5 heteroatoms. The SMILES string of the molecule is O[C@H]1c2ccnn2CCC[C@H]1[C@H]1c2ccccc2-c2cncn21. The van der Waals surface area contributed by atoms with Gasteiger partial charge in [-0.1, -0.05) is 24.3 Å². The van der Waals surface area contributed by atoms with Crippen LogP contribution in [0.4, 0.5) is 0 Å². The smallest absolute Gasteiger partial charge is 0.101 e. The lowest BCUT2D eigenvalue weighted by Gasteiger charge is -2.28. The molecule has 0 radical (unpaired) electrons. The van der Waals surface area contributed by atoms with E-state index < -0.39 is 6.10 Å². The molecule has 4 heterocycles. The van der Waals surface area contributed by atoms with Crippen molar-refractivity contribution in [3.63, 3.8) is 0 Å². The van der Waals surface area contributed by atoms with E-state index >= 15 is 0 Å². The first-order valence-electron chi connectivity index (χ1n) is 8.15. The standard InChI is InChI=1S/C18H18N4O/c23-18-14(6-3-9-22-15(18)7-8-20-22)17-13-5-2-1-4-12(13)16-10-19-11-21(16)17/h1-2,4-5,7-8,10-11,14,17-18,23H,3,6,9H2/t14-,17+,18+/m0/s1. The van der Waals surface area contributed by atoms with Crippen molar-refractivity contribution >= 4 is 0 Å². The minimum atomic E-state index is -0.508. The van der Waals surface area contributed by atoms with Gasteiger partial charge in [-0.2, -0.15) is 5.10 Å². The van der Waals surface area contributed by atoms with Crippen molar-refractivity contribution in [3.05, 3.63) is 60.3 Å². The molecule has 2 aliphatic rings. The van der Waals surface area contributed by atoms with E-state index in [9.17, 15) is 5.11 Å². The average molecular weight is 306 g/mol. The Morgan fingerprint density at radius 2 is 2.09 bits per heavy atom. The first-order chi connectivity index (χ1) is 11.3. The summed E-state index contributed by atoms with van der Waals surface area (Å²) < 4.78 is 4.17. The highest BCUT2D eigenvalue weighted by molar-refractivity contribution is 5.69. The number of aliphatic hydroxyl groups excluding tert-OH is 1. The van der Waals surface area contributed by atoms with E-state index in [1.54, 1.807) is 6.20 Å². The number of benzene rings is 1. The molecule has 3 atom stereocenters. The van der Waals surface area contributed by atoms with Crippen molar-refractivity contribution in [2.45, 2.75) is 31.5 Å². The minimum absolute atomic E-state index is 0.129. The Bertz CT molecular complexity index is 865. The van der Waals surface area contributed by atoms with E-state index in [-0.39, 0.29) is 12.0 Å². The molecule has 2 aromatic heterocycles. The van der Waals surface area contributed by atoms with Gasteiger partial charge in [0.15, 0.2) is 0 Å². The Kier molecular flexibility index (Phi) is 2.73. The summed E-state index contributed by atoms with van der Waals surface area (Å²) in [7, 11) is 0. The van der Waals surface area contributed by atoms with Crippen LogP contribution in [0.1, 0.15) is 36.2 Å². The van der Waals surface area contributed by atoms with E-state index in [1.165, 1.54) is 11.1 Å². The van der Waals surface area contributed by atoms with Gasteiger partial charge in [0, 0.05) is 24.2 Å². The second-order valence-electron chi connectivity index (χ2n) is 6.45. The molecule has 0 fully saturated rings. The Balaban J connectivity index is 1.65. The molecule has 1 aromatic carbocycles. The van der Waals surface area contributed by atoms with Gasteiger partial charge in [0.2, 0.25) is 0 Å². The first-order valence-corrected chi connectivity index (χ1v) is 8.15. The predicted octanol–water partition coefficient (Wildman–Crippen LogP) is 2.79. The van der Waals surface area contributed by atoms with Crippen LogP contribution in [0.3, 0.4) is 0 Å². The van der Waals surface area contributed by atoms with Crippen LogP contribution < -0.4 is 0 Å². The third-order valence-corrected chi connectivity index (χ3v) is 5.29. The molecule has 5 rings (SSSR count). The van der Waals surface area contributed by atoms with Crippen molar-refractivity contribution in [3.8, 4) is 11.3 Å². The first kappa shape index (κ1) is 13.1. The zero-order valence-corrected chi connectivity index (χ0v) is 12.7. The monoisotopic (exact) mass is 306 g/mol. The number of imidazole rings is 1. The summed E-state index contributed by atoms with van der Waals surface area (Å²) in [5.41, 5.74) is 4.61. The van der Waals surface area contributed by atoms with Gasteiger partial charge in [0.25, 0.3) is 0 Å². The molecule has 116 valence electrons. The number of aromatic nitrogens is 4. The van der Waals surface area contributed by atoms with Gasteiger partial charge in [-0.15, -0.1) is 0 Å². The molecule has 0 amide bonds. The highest BCUT2D eigenvalue weighted by Crippen LogP contribution is 2.48. The Labute approximate surface area is 134 Å². The molecule has 5 nitrogen and oxygen atoms in total. The van der Waals surface area contributed by atoms with Crippen LogP contribution in [0.5, 0.6) is 0 Å². The zero-order valence-electron chi connectivity index (χ0n) is 12.7. The molecular formula is C18H18N4O. The summed E-state index contributed by atoms with van der Waals surface area (Å²) in [5, 5.41) is 15.4. The summed E-state index contributed by atoms with van der Waals surface area (Å²) >= 11 is 0. The molecule has 23 heavy (non-hydrogen) atoms. The van der Waals surface area contributed by atoms with Gasteiger partial charge in [-0.25, -0.2) is 4.98 Å². The molecular weight excluding hydrogens is 288 g/mol. The highest BCUT2D eigenvalue weighted by atomic mass is 16.3. The molecule has 3 aromatic rings. The second kappa shape index (κ2) is 4.80. The molecule has 0 saturated carbocycles. The third-order valence-electron chi connectivity index (χ3n) is 5.29. The third kappa shape index (κ3) is 1.77. The molecule has 1 N–H and O–H groups in total. The molecule has 0 bridgehead atoms. The topological polar surface area (TPSA) is 55.9 Å². The maximum atomic E-state index is 11.0. The van der Waals surface area contributed by atoms with Crippen LogP contribution in [0, 0.1) is 5.92 Å². The lowest BCUT2D eigenvalue weighted by atomic mass is 9.84. The summed E-state index contributed by atoms with van der Waals surface area (Å²) in [4.78, 5) is 4.33. The molecule has 0 saturated heterocycles. The van der Waals surface area contributed by atoms with Crippen LogP contribution >= 0.6 is 0 Å². The molecule has 0 spiro atoms.